The summed E-state index contributed by atoms with van der Waals surface area (Å²) in [4.78, 5) is 24.8. The molecule has 0 aromatic carbocycles. The summed E-state index contributed by atoms with van der Waals surface area (Å²) in [5.41, 5.74) is 5.69. The molecule has 2 unspecified atom stereocenters. The predicted molar refractivity (Wildman–Crippen MR) is 76.6 cm³/mol. The molecule has 0 saturated carbocycles. The van der Waals surface area contributed by atoms with Gasteiger partial charge in [-0.25, -0.2) is 4.79 Å². The van der Waals surface area contributed by atoms with Crippen molar-refractivity contribution in [2.45, 2.75) is 39.0 Å². The van der Waals surface area contributed by atoms with Gasteiger partial charge in [0.15, 0.2) is 0 Å². The van der Waals surface area contributed by atoms with E-state index in [4.69, 9.17) is 10.5 Å². The molecular weight excluding hydrogens is 260 g/mol. The molecule has 0 heterocycles. The molecule has 0 saturated heterocycles. The quantitative estimate of drug-likeness (QED) is 0.405. The van der Waals surface area contributed by atoms with Crippen LogP contribution in [0.2, 0.25) is 0 Å². The molecule has 0 bridgehead atoms. The van der Waals surface area contributed by atoms with Gasteiger partial charge in [-0.1, -0.05) is 13.5 Å². The van der Waals surface area contributed by atoms with E-state index >= 15 is 0 Å². The van der Waals surface area contributed by atoms with E-state index in [0.29, 0.717) is 6.42 Å². The van der Waals surface area contributed by atoms with Crippen molar-refractivity contribution < 1.29 is 19.4 Å². The Balaban J connectivity index is 5.41. The lowest BCUT2D eigenvalue weighted by Crippen LogP contribution is -2.38. The number of rotatable bonds is 7. The van der Waals surface area contributed by atoms with Crippen molar-refractivity contribution >= 4 is 11.9 Å². The second-order valence-electron chi connectivity index (χ2n) is 5.08. The van der Waals surface area contributed by atoms with Crippen molar-refractivity contribution in [2.24, 2.45) is 5.73 Å². The van der Waals surface area contributed by atoms with Crippen LogP contribution in [0.4, 0.5) is 0 Å². The van der Waals surface area contributed by atoms with Crippen LogP contribution >= 0.6 is 0 Å². The van der Waals surface area contributed by atoms with Crippen molar-refractivity contribution in [3.05, 3.63) is 23.8 Å². The summed E-state index contributed by atoms with van der Waals surface area (Å²) in [5, 5.41) is 10.1. The Hall–Kier alpha value is -1.66. The molecule has 0 aliphatic carbocycles. The van der Waals surface area contributed by atoms with Crippen molar-refractivity contribution in [1.82, 2.24) is 4.90 Å². The maximum absolute atomic E-state index is 11.6. The smallest absolute Gasteiger partial charge is 0.335 e. The van der Waals surface area contributed by atoms with Crippen LogP contribution in [0.15, 0.2) is 23.8 Å². The van der Waals surface area contributed by atoms with E-state index in [9.17, 15) is 14.7 Å². The Morgan fingerprint density at radius 1 is 1.50 bits per heavy atom. The zero-order valence-electron chi connectivity index (χ0n) is 12.8. The SMILES string of the molecule is C=C(C)C(=O)OC(C)(O)/C=C(\C(N)=O)C(CC)N(C)C. The van der Waals surface area contributed by atoms with E-state index in [0.717, 1.165) is 0 Å². The maximum atomic E-state index is 11.6. The Kier molecular flexibility index (Phi) is 6.61. The topological polar surface area (TPSA) is 92.9 Å². The van der Waals surface area contributed by atoms with Gasteiger partial charge in [0.1, 0.15) is 0 Å². The first-order valence-electron chi connectivity index (χ1n) is 6.32. The summed E-state index contributed by atoms with van der Waals surface area (Å²) in [6.45, 7) is 8.04. The van der Waals surface area contributed by atoms with Crippen LogP contribution in [-0.4, -0.2) is 47.8 Å². The molecule has 0 rings (SSSR count). The molecule has 1 amide bonds. The van der Waals surface area contributed by atoms with Gasteiger partial charge in [0, 0.05) is 24.1 Å². The molecule has 0 radical (unpaired) electrons. The molecule has 0 aromatic rings. The van der Waals surface area contributed by atoms with Crippen LogP contribution in [0.5, 0.6) is 0 Å². The molecule has 2 atom stereocenters. The summed E-state index contributed by atoms with van der Waals surface area (Å²) in [5.74, 6) is -3.34. The standard InChI is InChI=1S/C14H24N2O4/c1-7-11(16(5)6)10(12(15)17)8-14(4,19)20-13(18)9(2)3/h8,11,19H,2,7H2,1,3-6H3,(H2,15,17)/b10-8-. The maximum Gasteiger partial charge on any atom is 0.335 e. The number of amides is 1. The molecule has 0 aliphatic rings. The van der Waals surface area contributed by atoms with Gasteiger partial charge in [0.25, 0.3) is 0 Å². The van der Waals surface area contributed by atoms with E-state index in [1.807, 2.05) is 6.92 Å². The number of esters is 1. The van der Waals surface area contributed by atoms with Gasteiger partial charge >= 0.3 is 5.97 Å². The van der Waals surface area contributed by atoms with Gasteiger partial charge in [-0.3, -0.25) is 4.79 Å². The normalized spacial score (nSPS) is 16.4. The second-order valence-corrected chi connectivity index (χ2v) is 5.08. The molecule has 6 nitrogen and oxygen atoms in total. The van der Waals surface area contributed by atoms with Crippen LogP contribution in [-0.2, 0) is 14.3 Å². The van der Waals surface area contributed by atoms with Gasteiger partial charge in [-0.05, 0) is 33.5 Å². The monoisotopic (exact) mass is 284 g/mol. The Morgan fingerprint density at radius 3 is 2.30 bits per heavy atom. The second kappa shape index (κ2) is 7.21. The molecule has 20 heavy (non-hydrogen) atoms. The average molecular weight is 284 g/mol. The van der Waals surface area contributed by atoms with E-state index < -0.39 is 17.7 Å². The molecule has 114 valence electrons. The van der Waals surface area contributed by atoms with Gasteiger partial charge in [0.2, 0.25) is 11.7 Å². The zero-order chi connectivity index (χ0) is 16.1. The van der Waals surface area contributed by atoms with E-state index in [1.54, 1.807) is 19.0 Å². The highest BCUT2D eigenvalue weighted by atomic mass is 16.7. The van der Waals surface area contributed by atoms with Crippen LogP contribution < -0.4 is 5.73 Å². The zero-order valence-corrected chi connectivity index (χ0v) is 12.8. The number of primary amides is 1. The number of ether oxygens (including phenoxy) is 1. The van der Waals surface area contributed by atoms with Crippen LogP contribution in [0.25, 0.3) is 0 Å². The molecular formula is C14H24N2O4. The first-order chi connectivity index (χ1) is 9.01. The summed E-state index contributed by atoms with van der Waals surface area (Å²) in [6, 6.07) is -0.275. The number of carbonyl (C=O) groups excluding carboxylic acids is 2. The van der Waals surface area contributed by atoms with Gasteiger partial charge in [-0.2, -0.15) is 0 Å². The van der Waals surface area contributed by atoms with Crippen LogP contribution in [0, 0.1) is 0 Å². The fourth-order valence-electron chi connectivity index (χ4n) is 1.79. The fourth-order valence-corrected chi connectivity index (χ4v) is 1.79. The highest BCUT2D eigenvalue weighted by Gasteiger charge is 2.28. The third-order valence-electron chi connectivity index (χ3n) is 2.72. The number of nitrogens with two attached hydrogens (primary N) is 1. The Morgan fingerprint density at radius 2 is 2.00 bits per heavy atom. The molecule has 0 spiro atoms. The van der Waals surface area contributed by atoms with E-state index in [2.05, 4.69) is 6.58 Å². The highest BCUT2D eigenvalue weighted by Crippen LogP contribution is 2.18. The predicted octanol–water partition coefficient (Wildman–Crippen LogP) is 0.566. The number of likely N-dealkylation sites (N-methyl/N-ethyl adjacent to an activating group) is 1. The summed E-state index contributed by atoms with van der Waals surface area (Å²) in [6.07, 6.45) is 1.79. The third-order valence-corrected chi connectivity index (χ3v) is 2.72. The molecule has 6 heteroatoms. The van der Waals surface area contributed by atoms with Crippen LogP contribution in [0.3, 0.4) is 0 Å². The number of hydrogen-bond donors (Lipinski definition) is 2. The van der Waals surface area contributed by atoms with Crippen molar-refractivity contribution in [3.8, 4) is 0 Å². The molecule has 0 fully saturated rings. The van der Waals surface area contributed by atoms with E-state index in [-0.39, 0.29) is 17.2 Å². The van der Waals surface area contributed by atoms with Crippen molar-refractivity contribution in [3.63, 3.8) is 0 Å². The van der Waals surface area contributed by atoms with Gasteiger partial charge in [0.05, 0.1) is 0 Å². The third kappa shape index (κ3) is 5.54. The minimum atomic E-state index is -1.93. The van der Waals surface area contributed by atoms with Crippen LogP contribution in [0.1, 0.15) is 27.2 Å². The summed E-state index contributed by atoms with van der Waals surface area (Å²) in [7, 11) is 3.58. The minimum Gasteiger partial charge on any atom is -0.426 e. The Bertz CT molecular complexity index is 425. The molecule has 3 N–H and O–H groups in total. The minimum absolute atomic E-state index is 0.152. The fraction of sp³-hybridized carbons (Fsp3) is 0.571. The van der Waals surface area contributed by atoms with Gasteiger partial charge < -0.3 is 20.5 Å². The first kappa shape index (κ1) is 18.3. The van der Waals surface area contributed by atoms with Crippen molar-refractivity contribution in [1.29, 1.82) is 0 Å². The number of hydrogen-bond acceptors (Lipinski definition) is 5. The van der Waals surface area contributed by atoms with Gasteiger partial charge in [-0.15, -0.1) is 0 Å². The number of carbonyl (C=O) groups is 2. The highest BCUT2D eigenvalue weighted by molar-refractivity contribution is 5.93. The first-order valence-corrected chi connectivity index (χ1v) is 6.32. The largest absolute Gasteiger partial charge is 0.426 e. The summed E-state index contributed by atoms with van der Waals surface area (Å²) >= 11 is 0. The number of aliphatic hydroxyl groups is 1. The average Bonchev–Trinajstić information content (AvgIpc) is 2.26. The lowest BCUT2D eigenvalue weighted by atomic mass is 10.0. The van der Waals surface area contributed by atoms with E-state index in [1.165, 1.54) is 19.9 Å². The molecule has 0 aliphatic heterocycles. The molecule has 0 aromatic heterocycles. The lowest BCUT2D eigenvalue weighted by molar-refractivity contribution is -0.180. The van der Waals surface area contributed by atoms with Crippen molar-refractivity contribution in [2.75, 3.05) is 14.1 Å². The lowest BCUT2D eigenvalue weighted by Gasteiger charge is -2.27. The number of nitrogens with zero attached hydrogens (tertiary/aromatic N) is 1. The Labute approximate surface area is 119 Å². The summed E-state index contributed by atoms with van der Waals surface area (Å²) < 4.78 is 4.87.